The largest absolute Gasteiger partial charge is 0.484 e. The number of ether oxygens (including phenoxy) is 1. The third-order valence-corrected chi connectivity index (χ3v) is 5.24. The lowest BCUT2D eigenvalue weighted by atomic mass is 9.99. The molecule has 2 aliphatic heterocycles. The van der Waals surface area contributed by atoms with E-state index < -0.39 is 23.3 Å². The summed E-state index contributed by atoms with van der Waals surface area (Å²) in [6.07, 6.45) is -4.44. The molecule has 8 heteroatoms. The fourth-order valence-electron chi connectivity index (χ4n) is 3.72. The zero-order chi connectivity index (χ0) is 21.0. The summed E-state index contributed by atoms with van der Waals surface area (Å²) >= 11 is 0. The van der Waals surface area contributed by atoms with Crippen molar-refractivity contribution in [3.05, 3.63) is 48.0 Å². The van der Waals surface area contributed by atoms with E-state index in [4.69, 9.17) is 9.84 Å². The molecule has 29 heavy (non-hydrogen) atoms. The number of carbonyl (C=O) groups is 1. The normalized spacial score (nSPS) is 18.7. The van der Waals surface area contributed by atoms with Crippen LogP contribution in [0.2, 0.25) is 0 Å². The highest BCUT2D eigenvalue weighted by Gasteiger charge is 2.37. The van der Waals surface area contributed by atoms with Crippen LogP contribution in [0.3, 0.4) is 0 Å². The average molecular weight is 406 g/mol. The zero-order valence-electron chi connectivity index (χ0n) is 16.0. The van der Waals surface area contributed by atoms with Gasteiger partial charge in [-0.25, -0.2) is 0 Å². The molecule has 0 aromatic heterocycles. The van der Waals surface area contributed by atoms with Gasteiger partial charge in [0, 0.05) is 24.5 Å². The van der Waals surface area contributed by atoms with Gasteiger partial charge in [0.1, 0.15) is 11.4 Å². The molecule has 2 aromatic rings. The number of nitrogens with zero attached hydrogens (tertiary/aromatic N) is 2. The van der Waals surface area contributed by atoms with Crippen LogP contribution in [0, 0.1) is 5.92 Å². The summed E-state index contributed by atoms with van der Waals surface area (Å²) in [5, 5.41) is 9.07. The molecule has 0 bridgehead atoms. The number of anilines is 3. The first-order valence-electron chi connectivity index (χ1n) is 9.29. The van der Waals surface area contributed by atoms with Crippen LogP contribution in [-0.4, -0.2) is 36.3 Å². The number of hydrogen-bond acceptors (Lipinski definition) is 4. The van der Waals surface area contributed by atoms with Gasteiger partial charge < -0.3 is 19.6 Å². The van der Waals surface area contributed by atoms with Gasteiger partial charge in [0.15, 0.2) is 0 Å². The van der Waals surface area contributed by atoms with Crippen molar-refractivity contribution in [1.82, 2.24) is 0 Å². The summed E-state index contributed by atoms with van der Waals surface area (Å²) in [5.41, 5.74) is 0.846. The van der Waals surface area contributed by atoms with Crippen LogP contribution >= 0.6 is 0 Å². The van der Waals surface area contributed by atoms with Crippen LogP contribution in [0.15, 0.2) is 42.5 Å². The van der Waals surface area contributed by atoms with Gasteiger partial charge in [-0.2, -0.15) is 13.2 Å². The molecular formula is C21H21F3N2O3. The van der Waals surface area contributed by atoms with Gasteiger partial charge in [-0.15, -0.1) is 0 Å². The summed E-state index contributed by atoms with van der Waals surface area (Å²) < 4.78 is 45.2. The highest BCUT2D eigenvalue weighted by atomic mass is 19.4. The van der Waals surface area contributed by atoms with Crippen molar-refractivity contribution in [3.63, 3.8) is 0 Å². The Morgan fingerprint density at radius 1 is 1.14 bits per heavy atom. The van der Waals surface area contributed by atoms with Crippen molar-refractivity contribution >= 4 is 23.0 Å². The number of hydrogen-bond donors (Lipinski definition) is 1. The Bertz CT molecular complexity index is 952. The molecule has 0 amide bonds. The summed E-state index contributed by atoms with van der Waals surface area (Å²) in [4.78, 5) is 15.0. The number of carboxylic acid groups (broad SMARTS) is 1. The van der Waals surface area contributed by atoms with E-state index in [1.165, 1.54) is 6.07 Å². The molecule has 2 aliphatic rings. The molecular weight excluding hydrogens is 385 g/mol. The van der Waals surface area contributed by atoms with E-state index in [1.807, 2.05) is 47.9 Å². The second kappa shape index (κ2) is 6.57. The first-order chi connectivity index (χ1) is 13.5. The SMILES string of the molecule is CC1(C)CN(c2cccc(N3CC(C(=O)O)C3)c2)c2ccc(C(F)(F)F)cc2O1. The van der Waals surface area contributed by atoms with Crippen LogP contribution in [-0.2, 0) is 11.0 Å². The quantitative estimate of drug-likeness (QED) is 0.812. The zero-order valence-corrected chi connectivity index (χ0v) is 16.0. The minimum atomic E-state index is -4.44. The van der Waals surface area contributed by atoms with E-state index in [-0.39, 0.29) is 11.7 Å². The van der Waals surface area contributed by atoms with E-state index in [0.29, 0.717) is 25.3 Å². The van der Waals surface area contributed by atoms with Crippen LogP contribution in [0.1, 0.15) is 19.4 Å². The molecule has 2 heterocycles. The molecule has 1 fully saturated rings. The minimum absolute atomic E-state index is 0.191. The van der Waals surface area contributed by atoms with E-state index in [1.54, 1.807) is 0 Å². The topological polar surface area (TPSA) is 53.0 Å². The Balaban J connectivity index is 1.67. The molecule has 4 rings (SSSR count). The first kappa shape index (κ1) is 19.4. The van der Waals surface area contributed by atoms with Crippen molar-refractivity contribution in [2.75, 3.05) is 29.4 Å². The molecule has 154 valence electrons. The smallest absolute Gasteiger partial charge is 0.416 e. The van der Waals surface area contributed by atoms with Gasteiger partial charge >= 0.3 is 12.1 Å². The molecule has 0 saturated carbocycles. The van der Waals surface area contributed by atoms with E-state index in [0.717, 1.165) is 23.5 Å². The first-order valence-corrected chi connectivity index (χ1v) is 9.29. The standard InChI is InChI=1S/C21H21F3N2O3/c1-20(2)12-26(17-7-6-14(21(22,23)24)8-18(17)29-20)16-5-3-4-15(9-16)25-10-13(11-25)19(27)28/h3-9,13H,10-12H2,1-2H3,(H,27,28). The number of alkyl halides is 3. The lowest BCUT2D eigenvalue weighted by Crippen LogP contribution is -2.50. The summed E-state index contributed by atoms with van der Waals surface area (Å²) in [6.45, 7) is 5.02. The second-order valence-electron chi connectivity index (χ2n) is 8.09. The number of fused-ring (bicyclic) bond motifs is 1. The third kappa shape index (κ3) is 3.71. The van der Waals surface area contributed by atoms with Gasteiger partial charge in [-0.05, 0) is 50.2 Å². The maximum Gasteiger partial charge on any atom is 0.416 e. The van der Waals surface area contributed by atoms with Crippen LogP contribution in [0.4, 0.5) is 30.2 Å². The minimum Gasteiger partial charge on any atom is -0.484 e. The monoisotopic (exact) mass is 406 g/mol. The molecule has 0 spiro atoms. The molecule has 0 unspecified atom stereocenters. The molecule has 0 aliphatic carbocycles. The van der Waals surface area contributed by atoms with Crippen LogP contribution in [0.25, 0.3) is 0 Å². The predicted octanol–water partition coefficient (Wildman–Crippen LogP) is 4.54. The van der Waals surface area contributed by atoms with Gasteiger partial charge in [0.05, 0.1) is 23.7 Å². The summed E-state index contributed by atoms with van der Waals surface area (Å²) in [6, 6.07) is 11.1. The molecule has 1 N–H and O–H groups in total. The maximum atomic E-state index is 13.1. The summed E-state index contributed by atoms with van der Waals surface area (Å²) in [7, 11) is 0. The van der Waals surface area contributed by atoms with Crippen LogP contribution in [0.5, 0.6) is 5.75 Å². The van der Waals surface area contributed by atoms with Crippen molar-refractivity contribution in [3.8, 4) is 5.75 Å². The molecule has 1 saturated heterocycles. The maximum absolute atomic E-state index is 13.1. The highest BCUT2D eigenvalue weighted by Crippen LogP contribution is 2.44. The number of carboxylic acids is 1. The Labute approximate surface area is 166 Å². The lowest BCUT2D eigenvalue weighted by Gasteiger charge is -2.42. The Hall–Kier alpha value is -2.90. The number of halogens is 3. The highest BCUT2D eigenvalue weighted by molar-refractivity contribution is 5.77. The summed E-state index contributed by atoms with van der Waals surface area (Å²) in [5.74, 6) is -0.986. The van der Waals surface area contributed by atoms with E-state index >= 15 is 0 Å². The molecule has 2 aromatic carbocycles. The van der Waals surface area contributed by atoms with Gasteiger partial charge in [0.25, 0.3) is 0 Å². The fraction of sp³-hybridized carbons (Fsp3) is 0.381. The van der Waals surface area contributed by atoms with Crippen molar-refractivity contribution in [1.29, 1.82) is 0 Å². The van der Waals surface area contributed by atoms with Crippen molar-refractivity contribution < 1.29 is 27.8 Å². The van der Waals surface area contributed by atoms with Crippen molar-refractivity contribution in [2.24, 2.45) is 5.92 Å². The van der Waals surface area contributed by atoms with Crippen LogP contribution < -0.4 is 14.5 Å². The average Bonchev–Trinajstić information content (AvgIpc) is 2.57. The number of rotatable bonds is 3. The molecule has 5 nitrogen and oxygen atoms in total. The predicted molar refractivity (Wildman–Crippen MR) is 103 cm³/mol. The van der Waals surface area contributed by atoms with Gasteiger partial charge in [0.2, 0.25) is 0 Å². The second-order valence-corrected chi connectivity index (χ2v) is 8.09. The van der Waals surface area contributed by atoms with Crippen molar-refractivity contribution in [2.45, 2.75) is 25.6 Å². The van der Waals surface area contributed by atoms with Gasteiger partial charge in [-0.3, -0.25) is 4.79 Å². The Morgan fingerprint density at radius 2 is 1.83 bits per heavy atom. The fourth-order valence-corrected chi connectivity index (χ4v) is 3.72. The number of benzene rings is 2. The molecule has 0 atom stereocenters. The lowest BCUT2D eigenvalue weighted by molar-refractivity contribution is -0.142. The Kier molecular flexibility index (Phi) is 4.40. The molecule has 0 radical (unpaired) electrons. The third-order valence-electron chi connectivity index (χ3n) is 5.24. The van der Waals surface area contributed by atoms with E-state index in [2.05, 4.69) is 0 Å². The Morgan fingerprint density at radius 3 is 2.48 bits per heavy atom. The number of aliphatic carboxylic acids is 1. The van der Waals surface area contributed by atoms with E-state index in [9.17, 15) is 18.0 Å². The van der Waals surface area contributed by atoms with Gasteiger partial charge in [-0.1, -0.05) is 6.07 Å².